The average molecular weight is 1180 g/mol. The molecule has 0 spiro atoms. The molecular weight excluding hydrogens is 1030 g/mol. The topological polar surface area (TPSA) is 487 Å². The maximum atomic E-state index is 8.06. The maximum absolute atomic E-state index is 8.06. The third kappa shape index (κ3) is 1140. The van der Waals surface area contributed by atoms with E-state index in [-0.39, 0.29) is 30.2 Å². The van der Waals surface area contributed by atoms with Gasteiger partial charge in [0.25, 0.3) is 0 Å². The number of halogens is 1. The second-order valence-electron chi connectivity index (χ2n) is 11.0. The summed E-state index contributed by atoms with van der Waals surface area (Å²) in [5.74, 6) is 2.65. The summed E-state index contributed by atoms with van der Waals surface area (Å²) in [6.45, 7) is 66.5. The van der Waals surface area contributed by atoms with Gasteiger partial charge in [-0.05, 0) is 133 Å². The van der Waals surface area contributed by atoms with Crippen LogP contribution < -0.4 is 58.6 Å². The van der Waals surface area contributed by atoms with Crippen molar-refractivity contribution in [1.82, 2.24) is 18.5 Å². The number of nitrogens with two attached hydrogens (primary N) is 7. The zero-order valence-corrected chi connectivity index (χ0v) is 58.0. The summed E-state index contributed by atoms with van der Waals surface area (Å²) in [4.78, 5) is 80.0. The fourth-order valence-electron chi connectivity index (χ4n) is 1.19. The van der Waals surface area contributed by atoms with Gasteiger partial charge in [-0.3, -0.25) is 0 Å². The van der Waals surface area contributed by atoms with Crippen molar-refractivity contribution in [2.75, 3.05) is 55.9 Å². The van der Waals surface area contributed by atoms with Gasteiger partial charge in [0.1, 0.15) is 67.9 Å². The highest BCUT2D eigenvalue weighted by molar-refractivity contribution is 6.30. The van der Waals surface area contributed by atoms with Gasteiger partial charge in [-0.2, -0.15) is 0 Å². The molecule has 0 fully saturated rings. The Labute approximate surface area is 492 Å². The van der Waals surface area contributed by atoms with Crippen molar-refractivity contribution in [3.63, 3.8) is 0 Å². The minimum Gasteiger partial charge on any atom is -0.394 e. The van der Waals surface area contributed by atoms with E-state index in [1.165, 1.54) is 74.2 Å². The van der Waals surface area contributed by atoms with Crippen LogP contribution in [0, 0.1) is 17.8 Å². The summed E-state index contributed by atoms with van der Waals surface area (Å²) in [7, 11) is 10.5. The van der Waals surface area contributed by atoms with Gasteiger partial charge in [0, 0.05) is 17.7 Å². The number of benzene rings is 1. The molecule has 23 heteroatoms. The van der Waals surface area contributed by atoms with Crippen LogP contribution in [0.25, 0.3) is 0 Å². The Kier molecular flexibility index (Phi) is 1010. The van der Waals surface area contributed by atoms with E-state index in [0.29, 0.717) is 0 Å². The highest BCUT2D eigenvalue weighted by Gasteiger charge is 2.06. The van der Waals surface area contributed by atoms with Crippen LogP contribution in [0.1, 0.15) is 177 Å². The molecule has 0 unspecified atom stereocenters. The highest BCUT2D eigenvalue weighted by Crippen LogP contribution is 2.10. The van der Waals surface area contributed by atoms with E-state index in [0.717, 1.165) is 35.8 Å². The Morgan fingerprint density at radius 2 is 0.564 bits per heavy atom. The molecule has 0 radical (unpaired) electrons. The molecule has 0 aliphatic heterocycles. The molecule has 1 rings (SSSR count). The van der Waals surface area contributed by atoms with Crippen molar-refractivity contribution < 1.29 is 57.8 Å². The van der Waals surface area contributed by atoms with Gasteiger partial charge in [0.2, 0.25) is 0 Å². The van der Waals surface area contributed by atoms with E-state index in [1.807, 2.05) is 135 Å². The molecule has 1 aromatic rings. The molecular formula is C55H149ClN10O12. The van der Waals surface area contributed by atoms with E-state index < -0.39 is 0 Å². The van der Waals surface area contributed by atoms with Gasteiger partial charge in [0.15, 0.2) is 0 Å². The average Bonchev–Trinajstić information content (AvgIpc) is 3.51. The van der Waals surface area contributed by atoms with Gasteiger partial charge in [-0.1, -0.05) is 154 Å². The third-order valence-electron chi connectivity index (χ3n) is 4.32. The van der Waals surface area contributed by atoms with Crippen LogP contribution in [-0.4, -0.2) is 141 Å². The summed E-state index contributed by atoms with van der Waals surface area (Å²) in [6.07, 6.45) is 4.81. The molecule has 0 bridgehead atoms. The van der Waals surface area contributed by atoms with Crippen molar-refractivity contribution >= 4 is 79.5 Å². The molecule has 0 amide bonds. The summed E-state index contributed by atoms with van der Waals surface area (Å²) in [6, 6.07) is 7.93. The summed E-state index contributed by atoms with van der Waals surface area (Å²) < 4.78 is 5.23. The number of rotatable bonds is 5. The van der Waals surface area contributed by atoms with Crippen molar-refractivity contribution in [2.45, 2.75) is 190 Å². The predicted octanol–water partition coefficient (Wildman–Crippen LogP) is 10.0. The van der Waals surface area contributed by atoms with Gasteiger partial charge in [-0.25, -0.2) is 0 Å². The molecule has 78 heavy (non-hydrogen) atoms. The lowest BCUT2D eigenvalue weighted by molar-refractivity contribution is -0.0987. The first kappa shape index (κ1) is 186. The third-order valence-corrected chi connectivity index (χ3v) is 4.56. The molecule has 0 saturated heterocycles. The molecule has 498 valence electrons. The number of carbonyl (C=O) groups excluding carboxylic acids is 10. The molecule has 1 aromatic carbocycles. The van der Waals surface area contributed by atoms with Crippen LogP contribution in [0.4, 0.5) is 0 Å². The smallest absolute Gasteiger partial charge is 0.106 e. The minimum absolute atomic E-state index is 0. The first-order valence-electron chi connectivity index (χ1n) is 23.9. The Hall–Kier alpha value is -4.27. The number of hydrogen-bond donors (Lipinski definition) is 11. The number of carbonyl (C=O) groups is 10. The lowest BCUT2D eigenvalue weighted by Crippen LogP contribution is -2.18. The lowest BCUT2D eigenvalue weighted by Gasteiger charge is -2.17. The fourth-order valence-corrected chi connectivity index (χ4v) is 1.40. The van der Waals surface area contributed by atoms with Crippen LogP contribution in [0.2, 0.25) is 5.02 Å². The largest absolute Gasteiger partial charge is 0.394 e. The first-order valence-corrected chi connectivity index (χ1v) is 24.3. The van der Waals surface area contributed by atoms with Gasteiger partial charge in [0.05, 0.1) is 5.60 Å². The van der Waals surface area contributed by atoms with E-state index in [4.69, 9.17) is 69.4 Å². The number of aliphatic hydroxyl groups is 1. The van der Waals surface area contributed by atoms with Crippen LogP contribution in [0.5, 0.6) is 0 Å². The molecule has 0 saturated carbocycles. The minimum atomic E-state index is -0.167. The van der Waals surface area contributed by atoms with Gasteiger partial charge in [-0.15, -0.1) is 0 Å². The zero-order chi connectivity index (χ0) is 69.0. The quantitative estimate of drug-likeness (QED) is 0.130. The zero-order valence-electron chi connectivity index (χ0n) is 57.2. The molecule has 0 atom stereocenters. The standard InChI is InChI=1S/C8H9Cl.C6H14O.3C5H12.C3H8O.3C2H6.7CH5N.10CH2O.3H3N/c1-2-7-4-3-5-8(9)6-7;1-5-7-6(2,3)4;3*1-4-5(2)3;1-3(2)4;20*1-2;;;/h3-6H,2H2,1H3;5H2,1-4H3;3*5H,4H2,1-3H3;3-4H,1-2H3;3*1-2H3;7*2H2,1H3;10*1H2;3*1H3. The monoisotopic (exact) mass is 1180 g/mol. The number of ether oxygens (including phenoxy) is 1. The van der Waals surface area contributed by atoms with E-state index in [1.54, 1.807) is 13.8 Å². The molecule has 24 N–H and O–H groups in total. The van der Waals surface area contributed by atoms with Gasteiger partial charge < -0.3 is 116 Å². The summed E-state index contributed by atoms with van der Waals surface area (Å²) in [5, 5.41) is 8.88. The second-order valence-corrected chi connectivity index (χ2v) is 11.5. The fraction of sp³-hybridized carbons (Fsp3) is 0.709. The van der Waals surface area contributed by atoms with E-state index in [9.17, 15) is 0 Å². The molecule has 22 nitrogen and oxygen atoms in total. The Bertz CT molecular complexity index is 654. The summed E-state index contributed by atoms with van der Waals surface area (Å²) in [5.41, 5.74) is 32.8. The number of aliphatic hydroxyl groups excluding tert-OH is 1. The number of hydrogen-bond acceptors (Lipinski definition) is 22. The van der Waals surface area contributed by atoms with E-state index in [2.05, 4.69) is 136 Å². The molecule has 0 aliphatic rings. The van der Waals surface area contributed by atoms with Crippen molar-refractivity contribution in [1.29, 1.82) is 0 Å². The SMILES string of the molecule is C=O.C=O.C=O.C=O.C=O.C=O.C=O.C=O.C=O.C=O.CC.CC.CC.CC(C)O.CCC(C)C.CCC(C)C.CCC(C)C.CCOC(C)(C)C.CCc1cccc(Cl)c1.CN.CN.CN.CN.CN.CN.CN.N.N.N. The molecule has 0 aliphatic carbocycles. The predicted molar refractivity (Wildman–Crippen MR) is 356 cm³/mol. The Morgan fingerprint density at radius 1 is 0.423 bits per heavy atom. The first-order chi connectivity index (χ1) is 35.9. The highest BCUT2D eigenvalue weighted by atomic mass is 35.5. The second kappa shape index (κ2) is 423. The van der Waals surface area contributed by atoms with Crippen molar-refractivity contribution in [2.24, 2.45) is 57.9 Å². The Morgan fingerprint density at radius 3 is 0.615 bits per heavy atom. The van der Waals surface area contributed by atoms with Crippen molar-refractivity contribution in [3.8, 4) is 0 Å². The lowest BCUT2D eigenvalue weighted by atomic mass is 10.2. The number of aryl methyl sites for hydroxylation is 1. The van der Waals surface area contributed by atoms with Crippen LogP contribution in [0.3, 0.4) is 0 Å². The summed E-state index contributed by atoms with van der Waals surface area (Å²) >= 11 is 5.72. The van der Waals surface area contributed by atoms with Crippen molar-refractivity contribution in [3.05, 3.63) is 34.9 Å². The molecule has 0 aromatic heterocycles. The normalized spacial score (nSPS) is 5.77. The molecule has 0 heterocycles. The van der Waals surface area contributed by atoms with Crippen LogP contribution in [0.15, 0.2) is 24.3 Å². The van der Waals surface area contributed by atoms with Gasteiger partial charge >= 0.3 is 0 Å². The maximum Gasteiger partial charge on any atom is 0.106 e. The van der Waals surface area contributed by atoms with Crippen LogP contribution >= 0.6 is 11.6 Å². The Balaban J connectivity index is -0.0000000131. The van der Waals surface area contributed by atoms with Crippen LogP contribution in [-0.2, 0) is 59.1 Å². The van der Waals surface area contributed by atoms with E-state index >= 15 is 0 Å².